The van der Waals surface area contributed by atoms with E-state index in [1.165, 1.54) is 13.1 Å². The molecule has 2 atom stereocenters. The van der Waals surface area contributed by atoms with Gasteiger partial charge in [-0.05, 0) is 54.2 Å². The number of aliphatic hydroxyl groups excluding tert-OH is 1. The lowest BCUT2D eigenvalue weighted by atomic mass is 9.88. The van der Waals surface area contributed by atoms with E-state index in [2.05, 4.69) is 10.3 Å². The predicted octanol–water partition coefficient (Wildman–Crippen LogP) is 4.92. The third-order valence-corrected chi connectivity index (χ3v) is 5.70. The zero-order valence-corrected chi connectivity index (χ0v) is 20.7. The smallest absolute Gasteiger partial charge is 0.333 e. The van der Waals surface area contributed by atoms with Gasteiger partial charge in [0, 0.05) is 18.2 Å². The lowest BCUT2D eigenvalue weighted by Gasteiger charge is -2.28. The average Bonchev–Trinajstić information content (AvgIpc) is 2.78. The van der Waals surface area contributed by atoms with Crippen LogP contribution in [0.5, 0.6) is 5.75 Å². The molecule has 35 heavy (non-hydrogen) atoms. The van der Waals surface area contributed by atoms with E-state index in [9.17, 15) is 19.8 Å². The molecule has 0 bridgehead atoms. The second-order valence-electron chi connectivity index (χ2n) is 9.96. The summed E-state index contributed by atoms with van der Waals surface area (Å²) in [5, 5.41) is 23.0. The van der Waals surface area contributed by atoms with Crippen LogP contribution in [0.3, 0.4) is 0 Å². The summed E-state index contributed by atoms with van der Waals surface area (Å²) in [4.78, 5) is 29.9. The number of aliphatic carboxylic acids is 1. The first kappa shape index (κ1) is 25.9. The first-order valence-electron chi connectivity index (χ1n) is 11.4. The SMILES string of the molecule is Cc1ccccc1[C@](C)(NC(=O)c1ncccc1-c1cccc(O[C@@H](O)CC(C)(C)C)c1)C(=O)O. The standard InChI is InChI=1S/C28H32N2O5/c1-18-10-6-7-14-22(18)28(5,26(33)34)30-25(32)24-21(13-9-15-29-24)19-11-8-12-20(16-19)35-23(31)17-27(2,3)4/h6-16,23,31H,17H2,1-5H3,(H,30,32)(H,33,34)/t23-,28+/m1/s1. The molecule has 184 valence electrons. The molecule has 0 spiro atoms. The Bertz CT molecular complexity index is 1220. The van der Waals surface area contributed by atoms with E-state index >= 15 is 0 Å². The van der Waals surface area contributed by atoms with Crippen LogP contribution in [0, 0.1) is 12.3 Å². The van der Waals surface area contributed by atoms with Gasteiger partial charge >= 0.3 is 5.97 Å². The maximum absolute atomic E-state index is 13.4. The number of aliphatic hydroxyl groups is 1. The summed E-state index contributed by atoms with van der Waals surface area (Å²) in [5.41, 5.74) is 0.716. The number of aromatic nitrogens is 1. The van der Waals surface area contributed by atoms with E-state index in [4.69, 9.17) is 4.74 Å². The summed E-state index contributed by atoms with van der Waals surface area (Å²) in [6.45, 7) is 9.30. The minimum Gasteiger partial charge on any atom is -0.479 e. The third kappa shape index (κ3) is 6.25. The second kappa shape index (κ2) is 10.3. The van der Waals surface area contributed by atoms with Crippen LogP contribution in [0.1, 0.15) is 55.7 Å². The topological polar surface area (TPSA) is 109 Å². The van der Waals surface area contributed by atoms with Gasteiger partial charge in [-0.1, -0.05) is 63.2 Å². The van der Waals surface area contributed by atoms with Gasteiger partial charge in [0.25, 0.3) is 5.91 Å². The van der Waals surface area contributed by atoms with Crippen LogP contribution in [0.2, 0.25) is 0 Å². The lowest BCUT2D eigenvalue weighted by molar-refractivity contribution is -0.144. The Morgan fingerprint density at radius 2 is 1.74 bits per heavy atom. The van der Waals surface area contributed by atoms with Gasteiger partial charge < -0.3 is 20.3 Å². The number of nitrogens with zero attached hydrogens (tertiary/aromatic N) is 1. The van der Waals surface area contributed by atoms with Crippen LogP contribution in [0.4, 0.5) is 0 Å². The molecule has 0 saturated heterocycles. The van der Waals surface area contributed by atoms with Crippen molar-refractivity contribution < 1.29 is 24.5 Å². The van der Waals surface area contributed by atoms with Crippen molar-refractivity contribution >= 4 is 11.9 Å². The molecule has 0 radical (unpaired) electrons. The van der Waals surface area contributed by atoms with Crippen LogP contribution in [0.15, 0.2) is 66.9 Å². The summed E-state index contributed by atoms with van der Waals surface area (Å²) in [7, 11) is 0. The number of hydrogen-bond acceptors (Lipinski definition) is 5. The molecule has 3 N–H and O–H groups in total. The molecule has 0 aliphatic rings. The molecule has 2 aromatic carbocycles. The monoisotopic (exact) mass is 476 g/mol. The molecule has 0 fully saturated rings. The van der Waals surface area contributed by atoms with Gasteiger partial charge in [0.05, 0.1) is 0 Å². The number of nitrogens with one attached hydrogen (secondary N) is 1. The number of carboxylic acids is 1. The number of amides is 1. The molecule has 7 nitrogen and oxygen atoms in total. The number of pyridine rings is 1. The van der Waals surface area contributed by atoms with Gasteiger partial charge in [0.15, 0.2) is 11.8 Å². The molecule has 7 heteroatoms. The number of carboxylic acid groups (broad SMARTS) is 1. The first-order valence-corrected chi connectivity index (χ1v) is 11.4. The first-order chi connectivity index (χ1) is 16.4. The Morgan fingerprint density at radius 3 is 2.40 bits per heavy atom. The van der Waals surface area contributed by atoms with Crippen LogP contribution in [0.25, 0.3) is 11.1 Å². The van der Waals surface area contributed by atoms with Crippen LogP contribution in [-0.2, 0) is 10.3 Å². The third-order valence-electron chi connectivity index (χ3n) is 5.70. The molecule has 1 heterocycles. The highest BCUT2D eigenvalue weighted by atomic mass is 16.6. The average molecular weight is 477 g/mol. The van der Waals surface area contributed by atoms with Crippen molar-refractivity contribution in [1.82, 2.24) is 10.3 Å². The van der Waals surface area contributed by atoms with Gasteiger partial charge in [0.1, 0.15) is 11.4 Å². The van der Waals surface area contributed by atoms with Crippen molar-refractivity contribution in [1.29, 1.82) is 0 Å². The molecule has 1 aromatic heterocycles. The summed E-state index contributed by atoms with van der Waals surface area (Å²) in [5.74, 6) is -1.35. The molecule has 1 amide bonds. The Labute approximate surface area is 205 Å². The van der Waals surface area contributed by atoms with E-state index in [-0.39, 0.29) is 11.1 Å². The molecule has 0 aliphatic heterocycles. The van der Waals surface area contributed by atoms with Crippen LogP contribution in [-0.4, -0.2) is 33.4 Å². The summed E-state index contributed by atoms with van der Waals surface area (Å²) < 4.78 is 5.69. The van der Waals surface area contributed by atoms with Gasteiger partial charge in [-0.25, -0.2) is 4.79 Å². The van der Waals surface area contributed by atoms with Gasteiger partial charge in [-0.15, -0.1) is 0 Å². The van der Waals surface area contributed by atoms with E-state index in [0.717, 1.165) is 5.56 Å². The molecular formula is C28H32N2O5. The summed E-state index contributed by atoms with van der Waals surface area (Å²) >= 11 is 0. The van der Waals surface area contributed by atoms with Gasteiger partial charge in [-0.3, -0.25) is 9.78 Å². The fourth-order valence-corrected chi connectivity index (χ4v) is 3.93. The Balaban J connectivity index is 1.93. The molecule has 0 aliphatic carbocycles. The Kier molecular flexibility index (Phi) is 7.60. The largest absolute Gasteiger partial charge is 0.479 e. The lowest BCUT2D eigenvalue weighted by Crippen LogP contribution is -2.50. The highest BCUT2D eigenvalue weighted by molar-refractivity contribution is 6.01. The predicted molar refractivity (Wildman–Crippen MR) is 134 cm³/mol. The number of aryl methyl sites for hydroxylation is 1. The van der Waals surface area contributed by atoms with Crippen molar-refractivity contribution in [3.8, 4) is 16.9 Å². The maximum atomic E-state index is 13.4. The molecule has 0 saturated carbocycles. The second-order valence-corrected chi connectivity index (χ2v) is 9.96. The van der Waals surface area contributed by atoms with E-state index in [0.29, 0.717) is 28.9 Å². The van der Waals surface area contributed by atoms with Crippen LogP contribution >= 0.6 is 0 Å². The van der Waals surface area contributed by atoms with E-state index in [1.807, 2.05) is 26.8 Å². The highest BCUT2D eigenvalue weighted by Gasteiger charge is 2.38. The number of ether oxygens (including phenoxy) is 1. The molecule has 3 rings (SSSR count). The number of benzene rings is 2. The highest BCUT2D eigenvalue weighted by Crippen LogP contribution is 2.30. The molecule has 0 unspecified atom stereocenters. The minimum absolute atomic E-state index is 0.0842. The van der Waals surface area contributed by atoms with Crippen molar-refractivity contribution in [3.05, 3.63) is 83.7 Å². The van der Waals surface area contributed by atoms with Crippen molar-refractivity contribution in [2.75, 3.05) is 0 Å². The zero-order valence-electron chi connectivity index (χ0n) is 20.7. The molecular weight excluding hydrogens is 444 g/mol. The van der Waals surface area contributed by atoms with Crippen molar-refractivity contribution in [2.45, 2.75) is 52.9 Å². The normalized spacial score (nSPS) is 14.0. The van der Waals surface area contributed by atoms with Crippen LogP contribution < -0.4 is 10.1 Å². The Morgan fingerprint density at radius 1 is 1.03 bits per heavy atom. The summed E-state index contributed by atoms with van der Waals surface area (Å²) in [6, 6.07) is 17.5. The van der Waals surface area contributed by atoms with Crippen molar-refractivity contribution in [2.24, 2.45) is 5.41 Å². The zero-order chi connectivity index (χ0) is 25.8. The quantitative estimate of drug-likeness (QED) is 0.398. The molecule has 3 aromatic rings. The fraction of sp³-hybridized carbons (Fsp3) is 0.321. The van der Waals surface area contributed by atoms with Gasteiger partial charge in [-0.2, -0.15) is 0 Å². The number of carbonyl (C=O) groups is 2. The number of rotatable bonds is 8. The van der Waals surface area contributed by atoms with E-state index < -0.39 is 23.7 Å². The number of hydrogen-bond donors (Lipinski definition) is 3. The maximum Gasteiger partial charge on any atom is 0.333 e. The van der Waals surface area contributed by atoms with E-state index in [1.54, 1.807) is 61.5 Å². The number of carbonyl (C=O) groups excluding carboxylic acids is 1. The minimum atomic E-state index is -1.65. The summed E-state index contributed by atoms with van der Waals surface area (Å²) in [6.07, 6.45) is 0.953. The van der Waals surface area contributed by atoms with Gasteiger partial charge in [0.2, 0.25) is 0 Å². The Hall–Kier alpha value is -3.71. The van der Waals surface area contributed by atoms with Crippen molar-refractivity contribution in [3.63, 3.8) is 0 Å². The fourth-order valence-electron chi connectivity index (χ4n) is 3.93.